The second-order valence-electron chi connectivity index (χ2n) is 6.12. The third-order valence-corrected chi connectivity index (χ3v) is 5.21. The van der Waals surface area contributed by atoms with Gasteiger partial charge in [-0.3, -0.25) is 4.79 Å². The molecule has 1 N–H and O–H groups in total. The first-order chi connectivity index (χ1) is 12.6. The zero-order valence-electron chi connectivity index (χ0n) is 15.2. The predicted octanol–water partition coefficient (Wildman–Crippen LogP) is 4.35. The summed E-state index contributed by atoms with van der Waals surface area (Å²) in [5.74, 6) is 0.806. The van der Waals surface area contributed by atoms with E-state index in [-0.39, 0.29) is 11.2 Å². The van der Waals surface area contributed by atoms with Gasteiger partial charge in [0.2, 0.25) is 5.91 Å². The Balaban J connectivity index is 1.61. The molecule has 2 aromatic carbocycles. The number of thioether (sulfide) groups is 1. The number of benzene rings is 2. The van der Waals surface area contributed by atoms with Crippen LogP contribution in [0.1, 0.15) is 18.1 Å². The Labute approximate surface area is 158 Å². The minimum Gasteiger partial charge on any atom is -0.497 e. The van der Waals surface area contributed by atoms with Gasteiger partial charge in [0.25, 0.3) is 0 Å². The van der Waals surface area contributed by atoms with Crippen LogP contribution >= 0.6 is 11.8 Å². The molecule has 4 nitrogen and oxygen atoms in total. The summed E-state index contributed by atoms with van der Waals surface area (Å²) in [4.78, 5) is 17.1. The van der Waals surface area contributed by atoms with Gasteiger partial charge >= 0.3 is 0 Å². The fourth-order valence-electron chi connectivity index (χ4n) is 2.69. The van der Waals surface area contributed by atoms with Crippen molar-refractivity contribution in [2.45, 2.75) is 30.7 Å². The third kappa shape index (κ3) is 4.35. The van der Waals surface area contributed by atoms with Crippen molar-refractivity contribution in [3.63, 3.8) is 0 Å². The number of hydrogen-bond donors (Lipinski definition) is 1. The van der Waals surface area contributed by atoms with Gasteiger partial charge in [-0.15, -0.1) is 0 Å². The van der Waals surface area contributed by atoms with Crippen molar-refractivity contribution in [1.29, 1.82) is 0 Å². The number of fused-ring (bicyclic) bond motifs is 1. The summed E-state index contributed by atoms with van der Waals surface area (Å²) < 4.78 is 5.14. The third-order valence-electron chi connectivity index (χ3n) is 4.19. The number of nitrogens with zero attached hydrogens (tertiary/aromatic N) is 1. The van der Waals surface area contributed by atoms with Crippen molar-refractivity contribution in [3.8, 4) is 5.75 Å². The molecule has 5 heteroatoms. The lowest BCUT2D eigenvalue weighted by atomic mass is 10.1. The summed E-state index contributed by atoms with van der Waals surface area (Å²) in [5.41, 5.74) is 3.17. The van der Waals surface area contributed by atoms with Gasteiger partial charge in [-0.25, -0.2) is 4.98 Å². The molecule has 0 saturated carbocycles. The maximum atomic E-state index is 12.4. The van der Waals surface area contributed by atoms with Crippen LogP contribution in [0.3, 0.4) is 0 Å². The second kappa shape index (κ2) is 8.23. The minimum absolute atomic E-state index is 0.00145. The van der Waals surface area contributed by atoms with Gasteiger partial charge in [0.1, 0.15) is 5.75 Å². The molecule has 0 spiro atoms. The summed E-state index contributed by atoms with van der Waals surface area (Å²) >= 11 is 1.48. The number of carbonyl (C=O) groups is 1. The first-order valence-electron chi connectivity index (χ1n) is 8.50. The number of amides is 1. The van der Waals surface area contributed by atoms with Gasteiger partial charge in [0, 0.05) is 11.9 Å². The maximum Gasteiger partial charge on any atom is 0.233 e. The van der Waals surface area contributed by atoms with E-state index in [0.29, 0.717) is 6.54 Å². The predicted molar refractivity (Wildman–Crippen MR) is 107 cm³/mol. The van der Waals surface area contributed by atoms with E-state index in [2.05, 4.69) is 23.3 Å². The van der Waals surface area contributed by atoms with Gasteiger partial charge in [-0.1, -0.05) is 42.1 Å². The largest absolute Gasteiger partial charge is 0.497 e. The smallest absolute Gasteiger partial charge is 0.233 e. The molecule has 1 heterocycles. The van der Waals surface area contributed by atoms with Crippen LogP contribution in [0.2, 0.25) is 0 Å². The molecule has 0 aliphatic carbocycles. The van der Waals surface area contributed by atoms with Gasteiger partial charge in [0.05, 0.1) is 22.9 Å². The fourth-order valence-corrected chi connectivity index (χ4v) is 3.64. The molecule has 3 aromatic rings. The molecule has 0 bridgehead atoms. The maximum absolute atomic E-state index is 12.4. The average Bonchev–Trinajstić information content (AvgIpc) is 2.66. The van der Waals surface area contributed by atoms with Crippen LogP contribution in [-0.4, -0.2) is 23.3 Å². The fraction of sp³-hybridized carbons (Fsp3) is 0.238. The molecular weight excluding hydrogens is 344 g/mol. The first-order valence-corrected chi connectivity index (χ1v) is 9.38. The van der Waals surface area contributed by atoms with E-state index in [0.717, 1.165) is 27.2 Å². The quantitative estimate of drug-likeness (QED) is 0.659. The molecule has 0 aliphatic heterocycles. The molecule has 1 aromatic heterocycles. The summed E-state index contributed by atoms with van der Waals surface area (Å²) in [6.07, 6.45) is 0. The topological polar surface area (TPSA) is 51.2 Å². The van der Waals surface area contributed by atoms with Crippen molar-refractivity contribution < 1.29 is 9.53 Å². The zero-order chi connectivity index (χ0) is 18.5. The molecule has 0 radical (unpaired) electrons. The summed E-state index contributed by atoms with van der Waals surface area (Å²) in [6.45, 7) is 4.47. The van der Waals surface area contributed by atoms with Crippen molar-refractivity contribution in [1.82, 2.24) is 10.3 Å². The highest BCUT2D eigenvalue weighted by Gasteiger charge is 2.15. The highest BCUT2D eigenvalue weighted by molar-refractivity contribution is 8.00. The van der Waals surface area contributed by atoms with Crippen LogP contribution in [0.25, 0.3) is 10.9 Å². The van der Waals surface area contributed by atoms with Gasteiger partial charge in [-0.2, -0.15) is 0 Å². The minimum atomic E-state index is -0.221. The second-order valence-corrected chi connectivity index (χ2v) is 7.48. The van der Waals surface area contributed by atoms with Crippen LogP contribution in [0.15, 0.2) is 59.6 Å². The molecule has 0 fully saturated rings. The average molecular weight is 366 g/mol. The lowest BCUT2D eigenvalue weighted by molar-refractivity contribution is -0.120. The Bertz CT molecular complexity index is 910. The van der Waals surface area contributed by atoms with E-state index in [1.54, 1.807) is 7.11 Å². The first kappa shape index (κ1) is 18.3. The number of carbonyl (C=O) groups excluding carboxylic acids is 1. The molecule has 0 aliphatic rings. The summed E-state index contributed by atoms with van der Waals surface area (Å²) in [5, 5.41) is 4.77. The number of rotatable bonds is 6. The van der Waals surface area contributed by atoms with Crippen LogP contribution in [0, 0.1) is 6.92 Å². The number of aromatic nitrogens is 1. The highest BCUT2D eigenvalue weighted by atomic mass is 32.2. The molecule has 134 valence electrons. The Hall–Kier alpha value is -2.53. The van der Waals surface area contributed by atoms with Crippen molar-refractivity contribution in [2.24, 2.45) is 0 Å². The normalized spacial score (nSPS) is 12.0. The van der Waals surface area contributed by atoms with Gasteiger partial charge in [-0.05, 0) is 49.2 Å². The molecule has 1 amide bonds. The van der Waals surface area contributed by atoms with E-state index in [1.807, 2.05) is 55.5 Å². The van der Waals surface area contributed by atoms with E-state index >= 15 is 0 Å². The van der Waals surface area contributed by atoms with Gasteiger partial charge < -0.3 is 10.1 Å². The Morgan fingerprint density at radius 1 is 1.19 bits per heavy atom. The lowest BCUT2D eigenvalue weighted by Gasteiger charge is -2.13. The Kier molecular flexibility index (Phi) is 5.78. The zero-order valence-corrected chi connectivity index (χ0v) is 16.0. The van der Waals surface area contributed by atoms with Crippen LogP contribution < -0.4 is 10.1 Å². The molecule has 0 unspecified atom stereocenters. The number of pyridine rings is 1. The van der Waals surface area contributed by atoms with Crippen LogP contribution in [0.5, 0.6) is 5.75 Å². The molecular formula is C21H22N2O2S. The number of aryl methyl sites for hydroxylation is 1. The molecule has 3 rings (SSSR count). The number of methoxy groups -OCH3 is 1. The monoisotopic (exact) mass is 366 g/mol. The summed E-state index contributed by atoms with van der Waals surface area (Å²) in [7, 11) is 1.64. The van der Waals surface area contributed by atoms with E-state index in [4.69, 9.17) is 4.74 Å². The number of hydrogen-bond acceptors (Lipinski definition) is 4. The van der Waals surface area contributed by atoms with Crippen LogP contribution in [-0.2, 0) is 11.3 Å². The standard InChI is InChI=1S/C21H22N2O2S/c1-14-12-20(23-19-7-5-4-6-18(14)19)26-15(2)21(24)22-13-16-8-10-17(25-3)11-9-16/h4-12,15H,13H2,1-3H3,(H,22,24)/t15-/m0/s1. The molecule has 0 saturated heterocycles. The lowest BCUT2D eigenvalue weighted by Crippen LogP contribution is -2.30. The number of para-hydroxylation sites is 1. The van der Waals surface area contributed by atoms with Crippen molar-refractivity contribution >= 4 is 28.6 Å². The van der Waals surface area contributed by atoms with E-state index in [1.165, 1.54) is 17.3 Å². The van der Waals surface area contributed by atoms with Crippen molar-refractivity contribution in [2.75, 3.05) is 7.11 Å². The number of ether oxygens (including phenoxy) is 1. The molecule has 1 atom stereocenters. The SMILES string of the molecule is COc1ccc(CNC(=O)[C@H](C)Sc2cc(C)c3ccccc3n2)cc1. The van der Waals surface area contributed by atoms with Crippen molar-refractivity contribution in [3.05, 3.63) is 65.7 Å². The van der Waals surface area contributed by atoms with Crippen LogP contribution in [0.4, 0.5) is 0 Å². The Morgan fingerprint density at radius 3 is 2.65 bits per heavy atom. The highest BCUT2D eigenvalue weighted by Crippen LogP contribution is 2.26. The number of nitrogens with one attached hydrogen (secondary N) is 1. The van der Waals surface area contributed by atoms with Gasteiger partial charge in [0.15, 0.2) is 0 Å². The molecule has 26 heavy (non-hydrogen) atoms. The van der Waals surface area contributed by atoms with E-state index < -0.39 is 0 Å². The summed E-state index contributed by atoms with van der Waals surface area (Å²) in [6, 6.07) is 17.8. The van der Waals surface area contributed by atoms with E-state index in [9.17, 15) is 4.79 Å². The Morgan fingerprint density at radius 2 is 1.92 bits per heavy atom.